The lowest BCUT2D eigenvalue weighted by Crippen LogP contribution is -2.23. The Morgan fingerprint density at radius 1 is 0.848 bits per heavy atom. The molecule has 2 nitrogen and oxygen atoms in total. The van der Waals surface area contributed by atoms with E-state index in [1.807, 2.05) is 0 Å². The van der Waals surface area contributed by atoms with Crippen molar-refractivity contribution in [1.29, 1.82) is 5.26 Å². The molecule has 0 aromatic heterocycles. The van der Waals surface area contributed by atoms with Gasteiger partial charge in [-0.05, 0) is 74.4 Å². The van der Waals surface area contributed by atoms with Crippen LogP contribution < -0.4 is 0 Å². The van der Waals surface area contributed by atoms with Gasteiger partial charge in [0.05, 0.1) is 14.7 Å². The van der Waals surface area contributed by atoms with E-state index in [2.05, 4.69) is 92.3 Å². The maximum absolute atomic E-state index is 7.32. The van der Waals surface area contributed by atoms with Crippen LogP contribution in [-0.4, -0.2) is 18.5 Å². The summed E-state index contributed by atoms with van der Waals surface area (Å²) in [7, 11) is 2.26. The van der Waals surface area contributed by atoms with Crippen molar-refractivity contribution in [3.63, 3.8) is 0 Å². The van der Waals surface area contributed by atoms with Crippen LogP contribution in [0.5, 0.6) is 0 Å². The minimum absolute atomic E-state index is 0.191. The van der Waals surface area contributed by atoms with Crippen LogP contribution in [0.15, 0.2) is 48.5 Å². The zero-order valence-electron chi connectivity index (χ0n) is 20.3. The topological polar surface area (TPSA) is 27.0 Å². The number of benzene rings is 2. The van der Waals surface area contributed by atoms with Crippen molar-refractivity contribution in [2.45, 2.75) is 86.3 Å². The van der Waals surface area contributed by atoms with Crippen molar-refractivity contribution in [3.05, 3.63) is 70.8 Å². The first-order valence-corrected chi connectivity index (χ1v) is 14.0. The Labute approximate surface area is 218 Å². The van der Waals surface area contributed by atoms with Gasteiger partial charge in [0.15, 0.2) is 0 Å². The normalized spacial score (nSPS) is 18.5. The zero-order chi connectivity index (χ0) is 23.7. The Balaban J connectivity index is 0.000000968. The highest BCUT2D eigenvalue weighted by Crippen LogP contribution is 2.52. The Hall–Kier alpha value is -1.15. The molecule has 2 aliphatic carbocycles. The molecule has 33 heavy (non-hydrogen) atoms. The molecule has 2 aliphatic rings. The highest BCUT2D eigenvalue weighted by molar-refractivity contribution is 9.10. The summed E-state index contributed by atoms with van der Waals surface area (Å²) >= 11 is 8.41. The van der Waals surface area contributed by atoms with Gasteiger partial charge in [-0.15, -0.1) is 0 Å². The minimum atomic E-state index is 0.191. The molecule has 4 rings (SSSR count). The highest BCUT2D eigenvalue weighted by Gasteiger charge is 2.39. The molecule has 2 aromatic carbocycles. The first-order chi connectivity index (χ1) is 15.9. The molecular weight excluding hydrogens is 536 g/mol. The highest BCUT2D eigenvalue weighted by atomic mass is 79.9. The van der Waals surface area contributed by atoms with Crippen molar-refractivity contribution < 1.29 is 0 Å². The lowest BCUT2D eigenvalue weighted by molar-refractivity contribution is 0.322. The van der Waals surface area contributed by atoms with E-state index in [1.165, 1.54) is 76.7 Å². The summed E-state index contributed by atoms with van der Waals surface area (Å²) < 4.78 is 0.381. The van der Waals surface area contributed by atoms with E-state index in [4.69, 9.17) is 5.26 Å². The fraction of sp³-hybridized carbons (Fsp3) is 0.552. The van der Waals surface area contributed by atoms with Crippen LogP contribution in [0.4, 0.5) is 0 Å². The number of hydrogen-bond donors (Lipinski definition) is 0. The minimum Gasteiger partial charge on any atom is -0.302 e. The maximum Gasteiger partial charge on any atom is 0.0587 e. The lowest BCUT2D eigenvalue weighted by Gasteiger charge is -2.32. The molecule has 0 bridgehead atoms. The lowest BCUT2D eigenvalue weighted by atomic mass is 9.83. The van der Waals surface area contributed by atoms with Gasteiger partial charge in [-0.3, -0.25) is 0 Å². The van der Waals surface area contributed by atoms with E-state index >= 15 is 0 Å². The van der Waals surface area contributed by atoms with Crippen molar-refractivity contribution in [1.82, 2.24) is 4.90 Å². The van der Waals surface area contributed by atoms with Crippen LogP contribution in [-0.2, 0) is 21.6 Å². The summed E-state index contributed by atoms with van der Waals surface area (Å²) in [6.07, 6.45) is 12.8. The molecule has 178 valence electrons. The summed E-state index contributed by atoms with van der Waals surface area (Å²) in [4.78, 5) is 2.47. The van der Waals surface area contributed by atoms with E-state index in [-0.39, 0.29) is 8.65 Å². The quantitative estimate of drug-likeness (QED) is 0.295. The molecule has 0 radical (unpaired) electrons. The first-order valence-electron chi connectivity index (χ1n) is 12.5. The molecule has 0 heterocycles. The Morgan fingerprint density at radius 3 is 1.82 bits per heavy atom. The molecule has 0 amide bonds. The van der Waals surface area contributed by atoms with E-state index in [9.17, 15) is 0 Å². The van der Waals surface area contributed by atoms with Gasteiger partial charge >= 0.3 is 0 Å². The average Bonchev–Trinajstić information content (AvgIpc) is 3.45. The van der Waals surface area contributed by atoms with Crippen LogP contribution in [0.3, 0.4) is 0 Å². The van der Waals surface area contributed by atoms with E-state index in [1.54, 1.807) is 22.8 Å². The van der Waals surface area contributed by atoms with Crippen LogP contribution in [0.2, 0.25) is 0 Å². The summed E-state index contributed by atoms with van der Waals surface area (Å²) in [5, 5.41) is 7.32. The van der Waals surface area contributed by atoms with Gasteiger partial charge in [0.2, 0.25) is 0 Å². The second kappa shape index (κ2) is 12.5. The number of rotatable bonds is 8. The van der Waals surface area contributed by atoms with Crippen LogP contribution in [0.25, 0.3) is 0 Å². The molecule has 2 aromatic rings. The monoisotopic (exact) mass is 572 g/mol. The first kappa shape index (κ1) is 26.5. The molecule has 0 aliphatic heterocycles. The van der Waals surface area contributed by atoms with Gasteiger partial charge < -0.3 is 4.90 Å². The smallest absolute Gasteiger partial charge is 0.0587 e. The van der Waals surface area contributed by atoms with Gasteiger partial charge in [-0.25, -0.2) is 0 Å². The average molecular weight is 574 g/mol. The standard InChI is InChI=1S/C27H35Br2N.C2H3N/c1-30(21-22-11-3-2-4-12-22)20-10-13-23-24(26(28)16-5-6-17-26)14-9-15-25(23)27(29)18-7-8-19-27;1-2-3/h2-4,9,11-12,14-15H,5-8,10,13,16-21H2,1H3;1H3. The fourth-order valence-electron chi connectivity index (χ4n) is 5.61. The van der Waals surface area contributed by atoms with Crippen molar-refractivity contribution in [2.24, 2.45) is 0 Å². The Kier molecular flexibility index (Phi) is 10.0. The van der Waals surface area contributed by atoms with Crippen LogP contribution in [0.1, 0.15) is 87.0 Å². The molecule has 0 atom stereocenters. The molecule has 4 heteroatoms. The summed E-state index contributed by atoms with van der Waals surface area (Å²) in [5.74, 6) is 0. The van der Waals surface area contributed by atoms with Crippen molar-refractivity contribution in [2.75, 3.05) is 13.6 Å². The fourth-order valence-corrected chi connectivity index (χ4v) is 7.47. The third kappa shape index (κ3) is 6.93. The zero-order valence-corrected chi connectivity index (χ0v) is 23.4. The Bertz CT molecular complexity index is 867. The molecule has 0 saturated heterocycles. The van der Waals surface area contributed by atoms with Crippen LogP contribution >= 0.6 is 31.9 Å². The van der Waals surface area contributed by atoms with Gasteiger partial charge in [-0.1, -0.05) is 106 Å². The molecule has 0 spiro atoms. The molecule has 2 saturated carbocycles. The number of halogens is 2. The molecular formula is C29H38Br2N2. The molecule has 2 fully saturated rings. The van der Waals surface area contributed by atoms with Crippen molar-refractivity contribution in [3.8, 4) is 6.07 Å². The summed E-state index contributed by atoms with van der Waals surface area (Å²) in [6.45, 7) is 3.59. The number of hydrogen-bond acceptors (Lipinski definition) is 2. The van der Waals surface area contributed by atoms with Gasteiger partial charge in [0.25, 0.3) is 0 Å². The van der Waals surface area contributed by atoms with Crippen LogP contribution in [0, 0.1) is 11.3 Å². The molecule has 0 N–H and O–H groups in total. The van der Waals surface area contributed by atoms with E-state index < -0.39 is 0 Å². The van der Waals surface area contributed by atoms with Gasteiger partial charge in [0, 0.05) is 13.5 Å². The van der Waals surface area contributed by atoms with Gasteiger partial charge in [-0.2, -0.15) is 5.26 Å². The largest absolute Gasteiger partial charge is 0.302 e. The SMILES string of the molecule is CC#N.CN(CCCc1c(C2(Br)CCCC2)cccc1C1(Br)CCCC1)Cc1ccccc1. The predicted molar refractivity (Wildman–Crippen MR) is 147 cm³/mol. The van der Waals surface area contributed by atoms with Gasteiger partial charge in [0.1, 0.15) is 0 Å². The summed E-state index contributed by atoms with van der Waals surface area (Å²) in [5.41, 5.74) is 6.18. The second-order valence-corrected chi connectivity index (χ2v) is 12.8. The predicted octanol–water partition coefficient (Wildman–Crippen LogP) is 8.61. The third-order valence-corrected chi connectivity index (χ3v) is 9.64. The number of alkyl halides is 2. The second-order valence-electron chi connectivity index (χ2n) is 9.73. The maximum atomic E-state index is 7.32. The Morgan fingerprint density at radius 2 is 1.33 bits per heavy atom. The van der Waals surface area contributed by atoms with Crippen molar-refractivity contribution >= 4 is 31.9 Å². The molecule has 0 unspecified atom stereocenters. The van der Waals surface area contributed by atoms with E-state index in [0.717, 1.165) is 13.1 Å². The number of nitrogens with zero attached hydrogens (tertiary/aromatic N) is 2. The third-order valence-electron chi connectivity index (χ3n) is 7.20. The summed E-state index contributed by atoms with van der Waals surface area (Å²) in [6, 6.07) is 19.7. The van der Waals surface area contributed by atoms with E-state index in [0.29, 0.717) is 0 Å². The number of nitriles is 1.